The van der Waals surface area contributed by atoms with Crippen LogP contribution in [-0.4, -0.2) is 28.3 Å². The highest BCUT2D eigenvalue weighted by atomic mass is 35.5. The van der Waals surface area contributed by atoms with E-state index in [2.05, 4.69) is 5.32 Å². The predicted molar refractivity (Wildman–Crippen MR) is 80.7 cm³/mol. The Morgan fingerprint density at radius 2 is 2.05 bits per heavy atom. The van der Waals surface area contributed by atoms with Gasteiger partial charge in [-0.2, -0.15) is 0 Å². The molecule has 1 N–H and O–H groups in total. The lowest BCUT2D eigenvalue weighted by molar-refractivity contribution is -0.156. The van der Waals surface area contributed by atoms with Crippen LogP contribution in [0, 0.1) is 5.92 Å². The van der Waals surface area contributed by atoms with Gasteiger partial charge in [0.1, 0.15) is 11.6 Å². The first-order valence-electron chi connectivity index (χ1n) is 6.59. The SMILES string of the molecule is CC(C)C1C(=O)NC(C)(C)C(=O)N1Cc1ccc(Cl)s1. The Balaban J connectivity index is 2.32. The van der Waals surface area contributed by atoms with Crippen LogP contribution in [0.2, 0.25) is 4.34 Å². The van der Waals surface area contributed by atoms with Crippen molar-refractivity contribution in [3.8, 4) is 0 Å². The average Bonchev–Trinajstić information content (AvgIpc) is 2.70. The minimum absolute atomic E-state index is 0.0553. The fraction of sp³-hybridized carbons (Fsp3) is 0.571. The van der Waals surface area contributed by atoms with E-state index in [1.807, 2.05) is 26.0 Å². The molecule has 1 unspecified atom stereocenters. The molecule has 20 heavy (non-hydrogen) atoms. The van der Waals surface area contributed by atoms with Crippen molar-refractivity contribution in [3.05, 3.63) is 21.3 Å². The summed E-state index contributed by atoms with van der Waals surface area (Å²) in [6.07, 6.45) is 0. The van der Waals surface area contributed by atoms with Crippen molar-refractivity contribution in [1.82, 2.24) is 10.2 Å². The molecule has 1 aliphatic heterocycles. The third-order valence-electron chi connectivity index (χ3n) is 3.42. The molecule has 2 heterocycles. The molecule has 1 atom stereocenters. The van der Waals surface area contributed by atoms with Crippen LogP contribution in [0.3, 0.4) is 0 Å². The highest BCUT2D eigenvalue weighted by molar-refractivity contribution is 7.16. The van der Waals surface area contributed by atoms with E-state index >= 15 is 0 Å². The Morgan fingerprint density at radius 1 is 1.40 bits per heavy atom. The van der Waals surface area contributed by atoms with Gasteiger partial charge in [-0.1, -0.05) is 25.4 Å². The summed E-state index contributed by atoms with van der Waals surface area (Å²) >= 11 is 7.37. The molecule has 1 saturated heterocycles. The van der Waals surface area contributed by atoms with Gasteiger partial charge in [0.25, 0.3) is 0 Å². The Kier molecular flexibility index (Phi) is 4.12. The van der Waals surface area contributed by atoms with Crippen molar-refractivity contribution in [1.29, 1.82) is 0 Å². The number of halogens is 1. The Morgan fingerprint density at radius 3 is 2.55 bits per heavy atom. The Bertz CT molecular complexity index is 539. The summed E-state index contributed by atoms with van der Waals surface area (Å²) in [5.41, 5.74) is -0.858. The number of thiophene rings is 1. The normalized spacial score (nSPS) is 22.3. The number of hydrogen-bond donors (Lipinski definition) is 1. The summed E-state index contributed by atoms with van der Waals surface area (Å²) < 4.78 is 0.689. The third kappa shape index (κ3) is 2.83. The lowest BCUT2D eigenvalue weighted by atomic mass is 9.91. The van der Waals surface area contributed by atoms with Crippen LogP contribution in [0.4, 0.5) is 0 Å². The van der Waals surface area contributed by atoms with E-state index in [0.717, 1.165) is 4.88 Å². The smallest absolute Gasteiger partial charge is 0.248 e. The molecule has 0 saturated carbocycles. The van der Waals surface area contributed by atoms with Crippen LogP contribution in [0.25, 0.3) is 0 Å². The van der Waals surface area contributed by atoms with Crippen LogP contribution in [0.15, 0.2) is 12.1 Å². The maximum atomic E-state index is 12.6. The van der Waals surface area contributed by atoms with Crippen LogP contribution < -0.4 is 5.32 Å². The van der Waals surface area contributed by atoms with E-state index < -0.39 is 11.6 Å². The lowest BCUT2D eigenvalue weighted by Crippen LogP contribution is -2.68. The largest absolute Gasteiger partial charge is 0.340 e. The fourth-order valence-electron chi connectivity index (χ4n) is 2.50. The summed E-state index contributed by atoms with van der Waals surface area (Å²) in [5, 5.41) is 2.80. The second-order valence-corrected chi connectivity index (χ2v) is 7.74. The fourth-order valence-corrected chi connectivity index (χ4v) is 3.59. The standard InChI is InChI=1S/C14H19ClN2O2S/c1-8(2)11-12(18)16-14(3,4)13(19)17(11)7-9-5-6-10(15)20-9/h5-6,8,11H,7H2,1-4H3,(H,16,18). The van der Waals surface area contributed by atoms with Crippen molar-refractivity contribution in [2.75, 3.05) is 0 Å². The van der Waals surface area contributed by atoms with Crippen LogP contribution in [0.1, 0.15) is 32.6 Å². The maximum Gasteiger partial charge on any atom is 0.248 e. The number of carbonyl (C=O) groups is 2. The van der Waals surface area contributed by atoms with Crippen molar-refractivity contribution >= 4 is 34.8 Å². The second-order valence-electron chi connectivity index (χ2n) is 5.94. The minimum atomic E-state index is -0.858. The van der Waals surface area contributed by atoms with Gasteiger partial charge >= 0.3 is 0 Å². The van der Waals surface area contributed by atoms with E-state index in [0.29, 0.717) is 10.9 Å². The zero-order valence-electron chi connectivity index (χ0n) is 12.1. The number of amides is 2. The molecule has 1 aromatic rings. The summed E-state index contributed by atoms with van der Waals surface area (Å²) in [6, 6.07) is 3.28. The topological polar surface area (TPSA) is 49.4 Å². The van der Waals surface area contributed by atoms with Crippen molar-refractivity contribution < 1.29 is 9.59 Å². The third-order valence-corrected chi connectivity index (χ3v) is 4.64. The van der Waals surface area contributed by atoms with Crippen LogP contribution in [0.5, 0.6) is 0 Å². The summed E-state index contributed by atoms with van der Waals surface area (Å²) in [7, 11) is 0. The molecule has 6 heteroatoms. The van der Waals surface area contributed by atoms with E-state index in [9.17, 15) is 9.59 Å². The monoisotopic (exact) mass is 314 g/mol. The lowest BCUT2D eigenvalue weighted by Gasteiger charge is -2.44. The highest BCUT2D eigenvalue weighted by Crippen LogP contribution is 2.28. The van der Waals surface area contributed by atoms with E-state index in [1.165, 1.54) is 11.3 Å². The van der Waals surface area contributed by atoms with Gasteiger partial charge < -0.3 is 10.2 Å². The van der Waals surface area contributed by atoms with Crippen LogP contribution >= 0.6 is 22.9 Å². The molecular formula is C14H19ClN2O2S. The van der Waals surface area contributed by atoms with Crippen molar-refractivity contribution in [2.24, 2.45) is 5.92 Å². The summed E-state index contributed by atoms with van der Waals surface area (Å²) in [5.74, 6) is -0.0851. The Hall–Kier alpha value is -1.07. The van der Waals surface area contributed by atoms with Gasteiger partial charge in [-0.3, -0.25) is 9.59 Å². The van der Waals surface area contributed by atoms with Crippen molar-refractivity contribution in [2.45, 2.75) is 45.8 Å². The van der Waals surface area contributed by atoms with E-state index in [-0.39, 0.29) is 17.7 Å². The number of nitrogens with one attached hydrogen (secondary N) is 1. The van der Waals surface area contributed by atoms with E-state index in [1.54, 1.807) is 18.7 Å². The molecule has 4 nitrogen and oxygen atoms in total. The van der Waals surface area contributed by atoms with Crippen molar-refractivity contribution in [3.63, 3.8) is 0 Å². The molecule has 0 radical (unpaired) electrons. The van der Waals surface area contributed by atoms with Gasteiger partial charge in [-0.15, -0.1) is 11.3 Å². The molecule has 110 valence electrons. The quantitative estimate of drug-likeness (QED) is 0.932. The first-order valence-corrected chi connectivity index (χ1v) is 7.79. The zero-order chi connectivity index (χ0) is 15.1. The van der Waals surface area contributed by atoms with Gasteiger partial charge in [-0.25, -0.2) is 0 Å². The molecule has 1 aromatic heterocycles. The highest BCUT2D eigenvalue weighted by Gasteiger charge is 2.46. The molecule has 0 bridgehead atoms. The number of carbonyl (C=O) groups excluding carboxylic acids is 2. The van der Waals surface area contributed by atoms with Crippen LogP contribution in [-0.2, 0) is 16.1 Å². The Labute approximate surface area is 128 Å². The number of nitrogens with zero attached hydrogens (tertiary/aromatic N) is 1. The molecule has 2 rings (SSSR count). The first-order chi connectivity index (χ1) is 9.22. The summed E-state index contributed by atoms with van der Waals surface area (Å²) in [6.45, 7) is 7.79. The maximum absolute atomic E-state index is 12.6. The molecule has 2 amide bonds. The number of piperazine rings is 1. The average molecular weight is 315 g/mol. The van der Waals surface area contributed by atoms with Gasteiger partial charge in [-0.05, 0) is 31.9 Å². The summed E-state index contributed by atoms with van der Waals surface area (Å²) in [4.78, 5) is 27.5. The van der Waals surface area contributed by atoms with Gasteiger partial charge in [0.2, 0.25) is 11.8 Å². The van der Waals surface area contributed by atoms with Gasteiger partial charge in [0.15, 0.2) is 0 Å². The minimum Gasteiger partial charge on any atom is -0.340 e. The zero-order valence-corrected chi connectivity index (χ0v) is 13.6. The number of rotatable bonds is 3. The molecule has 1 fully saturated rings. The number of hydrogen-bond acceptors (Lipinski definition) is 3. The second kappa shape index (κ2) is 5.37. The molecule has 0 spiro atoms. The molecular weight excluding hydrogens is 296 g/mol. The van der Waals surface area contributed by atoms with Gasteiger partial charge in [0, 0.05) is 4.88 Å². The van der Waals surface area contributed by atoms with E-state index in [4.69, 9.17) is 11.6 Å². The first kappa shape index (κ1) is 15.3. The van der Waals surface area contributed by atoms with Gasteiger partial charge in [0.05, 0.1) is 10.9 Å². The predicted octanol–water partition coefficient (Wildman–Crippen LogP) is 2.66. The molecule has 1 aliphatic rings. The molecule has 0 aromatic carbocycles. The molecule has 0 aliphatic carbocycles.